The van der Waals surface area contributed by atoms with E-state index in [1.54, 1.807) is 31.0 Å². The Balaban J connectivity index is 1.43. The van der Waals surface area contributed by atoms with Crippen LogP contribution in [0.3, 0.4) is 0 Å². The van der Waals surface area contributed by atoms with E-state index >= 15 is 0 Å². The smallest absolute Gasteiger partial charge is 0.243 e. The van der Waals surface area contributed by atoms with Crippen LogP contribution in [0, 0.1) is 11.7 Å². The number of likely N-dealkylation sites (tertiary alicyclic amines) is 1. The van der Waals surface area contributed by atoms with Gasteiger partial charge in [0.1, 0.15) is 23.5 Å². The zero-order valence-electron chi connectivity index (χ0n) is 18.3. The van der Waals surface area contributed by atoms with Crippen LogP contribution >= 0.6 is 11.6 Å². The Kier molecular flexibility index (Phi) is 6.55. The number of benzene rings is 1. The van der Waals surface area contributed by atoms with Crippen LogP contribution in [0.15, 0.2) is 29.4 Å². The van der Waals surface area contributed by atoms with Gasteiger partial charge in [0.2, 0.25) is 5.91 Å². The van der Waals surface area contributed by atoms with Crippen molar-refractivity contribution in [2.75, 3.05) is 31.2 Å². The van der Waals surface area contributed by atoms with E-state index in [1.165, 1.54) is 12.1 Å². The number of carbonyl (C=O) groups is 1. The van der Waals surface area contributed by atoms with E-state index in [0.717, 1.165) is 43.6 Å². The number of rotatable bonds is 6. The molecule has 0 unspecified atom stereocenters. The second kappa shape index (κ2) is 9.36. The lowest BCUT2D eigenvalue weighted by Crippen LogP contribution is -2.53. The number of nitrogen functional groups attached to an aromatic ring is 1. The fourth-order valence-corrected chi connectivity index (χ4v) is 4.50. The molecule has 1 aliphatic carbocycles. The number of nitrogens with one attached hydrogen (secondary N) is 2. The van der Waals surface area contributed by atoms with Crippen molar-refractivity contribution < 1.29 is 9.18 Å². The van der Waals surface area contributed by atoms with Crippen LogP contribution in [-0.2, 0) is 11.8 Å². The van der Waals surface area contributed by atoms with Crippen molar-refractivity contribution in [3.8, 4) is 0 Å². The summed E-state index contributed by atoms with van der Waals surface area (Å²) in [5.41, 5.74) is 7.46. The lowest BCUT2D eigenvalue weighted by atomic mass is 10.0. The van der Waals surface area contributed by atoms with Gasteiger partial charge in [-0.25, -0.2) is 4.39 Å². The predicted octanol–water partition coefficient (Wildman–Crippen LogP) is 2.64. The van der Waals surface area contributed by atoms with Crippen molar-refractivity contribution in [2.24, 2.45) is 18.0 Å². The molecule has 1 aromatic heterocycles. The van der Waals surface area contributed by atoms with Gasteiger partial charge in [-0.15, -0.1) is 0 Å². The Morgan fingerprint density at radius 1 is 1.34 bits per heavy atom. The minimum absolute atomic E-state index is 0.0231. The number of amides is 1. The predicted molar refractivity (Wildman–Crippen MR) is 124 cm³/mol. The standard InChI is InChI=1S/C22H29ClFN7O/c1-26-21(18-11-27-30(2)20(18)25)31-7-3-4-16(12-31)29-22(32)19(13-5-6-13)28-17-9-14(23)8-15(24)10-17/h8-11,13,16,19,28H,3-7,12,25H2,1-2H3,(H,29,32)/t16-,19-/m1/s1. The molecule has 0 bridgehead atoms. The molecule has 1 amide bonds. The highest BCUT2D eigenvalue weighted by Crippen LogP contribution is 2.35. The number of aliphatic imine (C=N–C) groups is 1. The number of aromatic nitrogens is 2. The van der Waals surface area contributed by atoms with Crippen molar-refractivity contribution in [2.45, 2.75) is 37.8 Å². The molecule has 8 nitrogen and oxygen atoms in total. The zero-order chi connectivity index (χ0) is 22.8. The van der Waals surface area contributed by atoms with Crippen molar-refractivity contribution in [3.63, 3.8) is 0 Å². The summed E-state index contributed by atoms with van der Waals surface area (Å²) in [6, 6.07) is 3.80. The second-order valence-electron chi connectivity index (χ2n) is 8.53. The molecule has 1 aliphatic heterocycles. The summed E-state index contributed by atoms with van der Waals surface area (Å²) in [5.74, 6) is 1.07. The first-order valence-corrected chi connectivity index (χ1v) is 11.3. The van der Waals surface area contributed by atoms with E-state index in [2.05, 4.69) is 25.6 Å². The maximum atomic E-state index is 13.7. The summed E-state index contributed by atoms with van der Waals surface area (Å²) in [5, 5.41) is 10.9. The highest BCUT2D eigenvalue weighted by Gasteiger charge is 2.37. The third-order valence-corrected chi connectivity index (χ3v) is 6.28. The van der Waals surface area contributed by atoms with E-state index in [4.69, 9.17) is 17.3 Å². The normalized spacial score (nSPS) is 20.2. The van der Waals surface area contributed by atoms with Gasteiger partial charge in [-0.2, -0.15) is 5.10 Å². The Bertz CT molecular complexity index is 999. The lowest BCUT2D eigenvalue weighted by Gasteiger charge is -2.36. The fourth-order valence-electron chi connectivity index (χ4n) is 4.27. The summed E-state index contributed by atoms with van der Waals surface area (Å²) in [7, 11) is 3.53. The Morgan fingerprint density at radius 3 is 2.75 bits per heavy atom. The summed E-state index contributed by atoms with van der Waals surface area (Å²) in [6.45, 7) is 1.47. The molecule has 2 aromatic rings. The number of hydrogen-bond donors (Lipinski definition) is 3. The minimum Gasteiger partial charge on any atom is -0.383 e. The molecule has 4 N–H and O–H groups in total. The first-order valence-electron chi connectivity index (χ1n) is 10.9. The molecule has 1 aromatic carbocycles. The van der Waals surface area contributed by atoms with E-state index < -0.39 is 11.9 Å². The number of anilines is 2. The number of carbonyl (C=O) groups excluding carboxylic acids is 1. The van der Waals surface area contributed by atoms with Gasteiger partial charge in [0.05, 0.1) is 11.8 Å². The summed E-state index contributed by atoms with van der Waals surface area (Å²) < 4.78 is 15.4. The first kappa shape index (κ1) is 22.4. The number of aryl methyl sites for hydroxylation is 1. The van der Waals surface area contributed by atoms with Crippen molar-refractivity contribution in [3.05, 3.63) is 40.8 Å². The van der Waals surface area contributed by atoms with Crippen LogP contribution < -0.4 is 16.4 Å². The van der Waals surface area contributed by atoms with Crippen molar-refractivity contribution in [1.82, 2.24) is 20.0 Å². The topological polar surface area (TPSA) is 101 Å². The van der Waals surface area contributed by atoms with Gasteiger partial charge in [0.15, 0.2) is 0 Å². The van der Waals surface area contributed by atoms with Crippen molar-refractivity contribution >= 4 is 34.8 Å². The minimum atomic E-state index is -0.432. The van der Waals surface area contributed by atoms with Gasteiger partial charge in [0.25, 0.3) is 0 Å². The Morgan fingerprint density at radius 2 is 2.12 bits per heavy atom. The quantitative estimate of drug-likeness (QED) is 0.453. The molecule has 1 saturated heterocycles. The molecule has 172 valence electrons. The number of nitrogens with two attached hydrogens (primary N) is 1. The van der Waals surface area contributed by atoms with Gasteiger partial charge in [-0.05, 0) is 49.8 Å². The third-order valence-electron chi connectivity index (χ3n) is 6.07. The molecular formula is C22H29ClFN7O. The van der Waals surface area contributed by atoms with E-state index in [9.17, 15) is 9.18 Å². The highest BCUT2D eigenvalue weighted by molar-refractivity contribution is 6.30. The molecule has 2 fully saturated rings. The highest BCUT2D eigenvalue weighted by atomic mass is 35.5. The molecule has 0 radical (unpaired) electrons. The summed E-state index contributed by atoms with van der Waals surface area (Å²) >= 11 is 5.97. The zero-order valence-corrected chi connectivity index (χ0v) is 19.1. The molecule has 2 heterocycles. The number of amidine groups is 1. The van der Waals surface area contributed by atoms with E-state index in [-0.39, 0.29) is 17.9 Å². The molecule has 32 heavy (non-hydrogen) atoms. The molecule has 2 atom stereocenters. The second-order valence-corrected chi connectivity index (χ2v) is 8.96. The molecule has 2 aliphatic rings. The number of hydrogen-bond acceptors (Lipinski definition) is 5. The number of piperidine rings is 1. The molecule has 1 saturated carbocycles. The van der Waals surface area contributed by atoms with Gasteiger partial charge >= 0.3 is 0 Å². The molecular weight excluding hydrogens is 433 g/mol. The number of nitrogens with zero attached hydrogens (tertiary/aromatic N) is 4. The Labute approximate surface area is 192 Å². The van der Waals surface area contributed by atoms with Crippen LogP contribution in [0.25, 0.3) is 0 Å². The molecule has 10 heteroatoms. The van der Waals surface area contributed by atoms with Gasteiger partial charge < -0.3 is 21.3 Å². The lowest BCUT2D eigenvalue weighted by molar-refractivity contribution is -0.123. The molecule has 0 spiro atoms. The summed E-state index contributed by atoms with van der Waals surface area (Å²) in [4.78, 5) is 19.8. The van der Waals surface area contributed by atoms with Gasteiger partial charge in [-0.3, -0.25) is 14.5 Å². The van der Waals surface area contributed by atoms with Crippen molar-refractivity contribution in [1.29, 1.82) is 0 Å². The Hall–Kier alpha value is -2.81. The SMILES string of the molecule is CN=C(c1cnn(C)c1N)N1CCC[C@@H](NC(=O)[C@H](Nc2cc(F)cc(Cl)c2)C2CC2)C1. The maximum absolute atomic E-state index is 13.7. The van der Waals surface area contributed by atoms with Crippen LogP contribution in [0.4, 0.5) is 15.9 Å². The van der Waals surface area contributed by atoms with Gasteiger partial charge in [-0.1, -0.05) is 11.6 Å². The summed E-state index contributed by atoms with van der Waals surface area (Å²) in [6.07, 6.45) is 5.46. The maximum Gasteiger partial charge on any atom is 0.243 e. The van der Waals surface area contributed by atoms with Crippen LogP contribution in [-0.4, -0.2) is 58.6 Å². The van der Waals surface area contributed by atoms with E-state index in [0.29, 0.717) is 23.1 Å². The fraction of sp³-hybridized carbons (Fsp3) is 0.500. The average molecular weight is 462 g/mol. The monoisotopic (exact) mass is 461 g/mol. The average Bonchev–Trinajstić information content (AvgIpc) is 3.53. The first-order chi connectivity index (χ1) is 15.4. The van der Waals surface area contributed by atoms with E-state index in [1.807, 2.05) is 0 Å². The van der Waals surface area contributed by atoms with Gasteiger partial charge in [0, 0.05) is 43.9 Å². The third kappa shape index (κ3) is 4.98. The largest absolute Gasteiger partial charge is 0.383 e. The van der Waals surface area contributed by atoms with Crippen LogP contribution in [0.1, 0.15) is 31.2 Å². The van der Waals surface area contributed by atoms with Crippen LogP contribution in [0.2, 0.25) is 5.02 Å². The number of halogens is 2. The van der Waals surface area contributed by atoms with Crippen LogP contribution in [0.5, 0.6) is 0 Å². The molecule has 4 rings (SSSR count).